The van der Waals surface area contributed by atoms with Crippen molar-refractivity contribution in [2.24, 2.45) is 5.92 Å². The van der Waals surface area contributed by atoms with Crippen LogP contribution in [0.2, 0.25) is 0 Å². The van der Waals surface area contributed by atoms with Gasteiger partial charge in [-0.3, -0.25) is 14.4 Å². The molecule has 0 aromatic carbocycles. The fourth-order valence-corrected chi connectivity index (χ4v) is 7.66. The Morgan fingerprint density at radius 1 is 0.435 bits per heavy atom. The second kappa shape index (κ2) is 46.3. The highest BCUT2D eigenvalue weighted by Crippen LogP contribution is 2.22. The van der Waals surface area contributed by atoms with Crippen LogP contribution in [0.5, 0.6) is 0 Å². The van der Waals surface area contributed by atoms with E-state index in [0.29, 0.717) is 19.4 Å². The molecule has 0 bridgehead atoms. The van der Waals surface area contributed by atoms with Crippen molar-refractivity contribution in [1.29, 1.82) is 0 Å². The van der Waals surface area contributed by atoms with Crippen molar-refractivity contribution in [2.75, 3.05) is 40.4 Å². The van der Waals surface area contributed by atoms with Crippen LogP contribution in [0, 0.1) is 5.92 Å². The lowest BCUT2D eigenvalue weighted by molar-refractivity contribution is -0.156. The zero-order valence-corrected chi connectivity index (χ0v) is 41.7. The standard InChI is InChI=1S/C55H100N2O5/c1-7-11-15-17-19-21-23-25-27-29-31-33-35-37-40-45-53(58)61-49-52(57(48-42-47-56(5)6)55(60)51(43-14-10-4)44-39-13-9-3)50-62-54(59)46-41-38-36-34-32-30-28-26-24-22-20-18-16-12-8-2/h19-22,25-28,51-52H,7-18,23-24,29-50H2,1-6H3/b21-19-,22-20-,27-25-,28-26-. The number of hydrogen-bond acceptors (Lipinski definition) is 6. The number of unbranched alkanes of at least 4 members (excludes halogenated alkanes) is 19. The summed E-state index contributed by atoms with van der Waals surface area (Å²) in [5.74, 6) is -0.422. The summed E-state index contributed by atoms with van der Waals surface area (Å²) in [7, 11) is 4.09. The van der Waals surface area contributed by atoms with Gasteiger partial charge in [-0.05, 0) is 117 Å². The number of hydrogen-bond donors (Lipinski definition) is 0. The van der Waals surface area contributed by atoms with Gasteiger partial charge in [0.1, 0.15) is 13.2 Å². The second-order valence-corrected chi connectivity index (χ2v) is 18.0. The molecule has 0 aliphatic rings. The summed E-state index contributed by atoms with van der Waals surface area (Å²) < 4.78 is 11.8. The molecule has 7 heteroatoms. The molecule has 1 unspecified atom stereocenters. The number of allylic oxidation sites excluding steroid dienone is 8. The molecule has 0 spiro atoms. The number of ether oxygens (including phenoxy) is 2. The summed E-state index contributed by atoms with van der Waals surface area (Å²) in [5.41, 5.74) is 0. The maximum atomic E-state index is 14.4. The van der Waals surface area contributed by atoms with E-state index in [1.807, 2.05) is 19.0 Å². The minimum Gasteiger partial charge on any atom is -0.463 e. The van der Waals surface area contributed by atoms with Gasteiger partial charge in [0.2, 0.25) is 5.91 Å². The van der Waals surface area contributed by atoms with Crippen LogP contribution < -0.4 is 0 Å². The number of nitrogens with zero attached hydrogens (tertiary/aromatic N) is 2. The minimum atomic E-state index is -0.498. The maximum Gasteiger partial charge on any atom is 0.305 e. The van der Waals surface area contributed by atoms with Crippen molar-refractivity contribution in [3.63, 3.8) is 0 Å². The van der Waals surface area contributed by atoms with Crippen molar-refractivity contribution in [2.45, 2.75) is 239 Å². The molecule has 360 valence electrons. The molecule has 0 radical (unpaired) electrons. The first-order valence-electron chi connectivity index (χ1n) is 26.2. The first kappa shape index (κ1) is 59.3. The van der Waals surface area contributed by atoms with Gasteiger partial charge in [0.15, 0.2) is 0 Å². The normalized spacial score (nSPS) is 12.6. The maximum absolute atomic E-state index is 14.4. The average molecular weight is 869 g/mol. The lowest BCUT2D eigenvalue weighted by Crippen LogP contribution is -2.49. The largest absolute Gasteiger partial charge is 0.463 e. The predicted molar refractivity (Wildman–Crippen MR) is 266 cm³/mol. The van der Waals surface area contributed by atoms with Crippen LogP contribution in [-0.4, -0.2) is 74.1 Å². The lowest BCUT2D eigenvalue weighted by atomic mass is 9.93. The second-order valence-electron chi connectivity index (χ2n) is 18.0. The van der Waals surface area contributed by atoms with Crippen LogP contribution in [0.15, 0.2) is 48.6 Å². The smallest absolute Gasteiger partial charge is 0.305 e. The van der Waals surface area contributed by atoms with E-state index in [9.17, 15) is 14.4 Å². The molecule has 0 aromatic heterocycles. The summed E-state index contributed by atoms with van der Waals surface area (Å²) in [6, 6.07) is -0.498. The molecule has 0 aliphatic heterocycles. The summed E-state index contributed by atoms with van der Waals surface area (Å²) in [5, 5.41) is 0. The van der Waals surface area contributed by atoms with Gasteiger partial charge in [0, 0.05) is 25.3 Å². The Balaban J connectivity index is 5.17. The Morgan fingerprint density at radius 2 is 0.823 bits per heavy atom. The molecule has 0 aromatic rings. The fraction of sp³-hybridized carbons (Fsp3) is 0.800. The van der Waals surface area contributed by atoms with Crippen molar-refractivity contribution < 1.29 is 23.9 Å². The topological polar surface area (TPSA) is 76.2 Å². The first-order valence-corrected chi connectivity index (χ1v) is 26.2. The van der Waals surface area contributed by atoms with Gasteiger partial charge in [-0.2, -0.15) is 0 Å². The third-order valence-electron chi connectivity index (χ3n) is 11.7. The highest BCUT2D eigenvalue weighted by molar-refractivity contribution is 5.79. The number of esters is 2. The lowest BCUT2D eigenvalue weighted by Gasteiger charge is -2.34. The van der Waals surface area contributed by atoms with Gasteiger partial charge in [-0.25, -0.2) is 0 Å². The van der Waals surface area contributed by atoms with E-state index in [1.165, 1.54) is 64.2 Å². The first-order chi connectivity index (χ1) is 30.3. The molecular formula is C55H100N2O5. The molecule has 1 atom stereocenters. The van der Waals surface area contributed by atoms with Gasteiger partial charge in [0.25, 0.3) is 0 Å². The Kier molecular flexibility index (Phi) is 44.3. The predicted octanol–water partition coefficient (Wildman–Crippen LogP) is 15.2. The van der Waals surface area contributed by atoms with Gasteiger partial charge >= 0.3 is 11.9 Å². The summed E-state index contributed by atoms with van der Waals surface area (Å²) >= 11 is 0. The van der Waals surface area contributed by atoms with E-state index in [4.69, 9.17) is 9.47 Å². The number of carbonyl (C=O) groups excluding carboxylic acids is 3. The van der Waals surface area contributed by atoms with Crippen LogP contribution in [0.3, 0.4) is 0 Å². The number of rotatable bonds is 45. The zero-order valence-electron chi connectivity index (χ0n) is 41.7. The molecule has 62 heavy (non-hydrogen) atoms. The zero-order chi connectivity index (χ0) is 45.6. The van der Waals surface area contributed by atoms with E-state index in [1.54, 1.807) is 0 Å². The van der Waals surface area contributed by atoms with Crippen LogP contribution in [0.4, 0.5) is 0 Å². The van der Waals surface area contributed by atoms with Crippen LogP contribution in [0.1, 0.15) is 233 Å². The summed E-state index contributed by atoms with van der Waals surface area (Å²) in [6.07, 6.45) is 51.7. The molecule has 1 amide bonds. The van der Waals surface area contributed by atoms with Gasteiger partial charge in [0.05, 0.1) is 6.04 Å². The van der Waals surface area contributed by atoms with E-state index >= 15 is 0 Å². The third kappa shape index (κ3) is 39.0. The van der Waals surface area contributed by atoms with Crippen LogP contribution in [-0.2, 0) is 23.9 Å². The monoisotopic (exact) mass is 869 g/mol. The number of amides is 1. The molecule has 0 aliphatic carbocycles. The Morgan fingerprint density at radius 3 is 1.26 bits per heavy atom. The SMILES string of the molecule is CCCCC/C=C\C/C=C\CCCCCCCC(=O)OCC(COC(=O)CCCCCCC/C=C\C/C=C\CCCCC)N(CCCN(C)C)C(=O)C(CCCC)CCCCC. The van der Waals surface area contributed by atoms with E-state index in [-0.39, 0.29) is 37.0 Å². The molecule has 0 rings (SSSR count). The Hall–Kier alpha value is -2.67. The van der Waals surface area contributed by atoms with Crippen molar-refractivity contribution in [3.05, 3.63) is 48.6 Å². The molecule has 0 fully saturated rings. The average Bonchev–Trinajstić information content (AvgIpc) is 3.26. The fourth-order valence-electron chi connectivity index (χ4n) is 7.66. The molecule has 0 saturated heterocycles. The molecule has 0 N–H and O–H groups in total. The summed E-state index contributed by atoms with van der Waals surface area (Å²) in [4.78, 5) is 44.6. The third-order valence-corrected chi connectivity index (χ3v) is 11.7. The van der Waals surface area contributed by atoms with Crippen LogP contribution in [0.25, 0.3) is 0 Å². The highest BCUT2D eigenvalue weighted by Gasteiger charge is 2.31. The minimum absolute atomic E-state index is 0.0548. The Bertz CT molecular complexity index is 1080. The molecular weight excluding hydrogens is 769 g/mol. The van der Waals surface area contributed by atoms with Crippen molar-refractivity contribution >= 4 is 17.8 Å². The number of carbonyl (C=O) groups is 3. The molecule has 0 heterocycles. The van der Waals surface area contributed by atoms with Crippen molar-refractivity contribution in [3.8, 4) is 0 Å². The highest BCUT2D eigenvalue weighted by atomic mass is 16.5. The summed E-state index contributed by atoms with van der Waals surface area (Å²) in [6.45, 7) is 10.3. The van der Waals surface area contributed by atoms with E-state index < -0.39 is 6.04 Å². The molecule has 7 nitrogen and oxygen atoms in total. The van der Waals surface area contributed by atoms with Gasteiger partial charge < -0.3 is 19.3 Å². The quantitative estimate of drug-likeness (QED) is 0.0345. The van der Waals surface area contributed by atoms with Crippen molar-refractivity contribution in [1.82, 2.24) is 9.80 Å². The van der Waals surface area contributed by atoms with E-state index in [0.717, 1.165) is 135 Å². The van der Waals surface area contributed by atoms with E-state index in [2.05, 4.69) is 81.2 Å². The van der Waals surface area contributed by atoms with Gasteiger partial charge in [-0.15, -0.1) is 0 Å². The molecule has 0 saturated carbocycles. The Labute approximate surface area is 384 Å². The van der Waals surface area contributed by atoms with Crippen LogP contribution >= 0.6 is 0 Å². The van der Waals surface area contributed by atoms with Gasteiger partial charge in [-0.1, -0.05) is 173 Å².